The Balaban J connectivity index is 1.87. The van der Waals surface area contributed by atoms with Gasteiger partial charge in [-0.2, -0.15) is 0 Å². The highest BCUT2D eigenvalue weighted by atomic mass is 32.2. The fourth-order valence-corrected chi connectivity index (χ4v) is 4.59. The lowest BCUT2D eigenvalue weighted by Crippen LogP contribution is -2.29. The van der Waals surface area contributed by atoms with Crippen LogP contribution in [-0.2, 0) is 16.6 Å². The van der Waals surface area contributed by atoms with Gasteiger partial charge >= 0.3 is 0 Å². The maximum absolute atomic E-state index is 12.3. The molecule has 0 saturated carbocycles. The van der Waals surface area contributed by atoms with Crippen LogP contribution in [0.15, 0.2) is 47.1 Å². The molecule has 1 aromatic carbocycles. The molecule has 0 radical (unpaired) electrons. The molecule has 23 heavy (non-hydrogen) atoms. The molecule has 1 fully saturated rings. The van der Waals surface area contributed by atoms with Crippen molar-refractivity contribution in [3.8, 4) is 0 Å². The van der Waals surface area contributed by atoms with Crippen LogP contribution in [0.2, 0.25) is 0 Å². The van der Waals surface area contributed by atoms with Crippen LogP contribution in [0.25, 0.3) is 0 Å². The van der Waals surface area contributed by atoms with Crippen molar-refractivity contribution >= 4 is 15.7 Å². The van der Waals surface area contributed by atoms with Crippen LogP contribution in [0.1, 0.15) is 30.7 Å². The Morgan fingerprint density at radius 2 is 2.04 bits per heavy atom. The highest BCUT2D eigenvalue weighted by Crippen LogP contribution is 2.33. The highest BCUT2D eigenvalue weighted by Gasteiger charge is 2.31. The molecule has 0 amide bonds. The predicted molar refractivity (Wildman–Crippen MR) is 90.8 cm³/mol. The number of hydrogen-bond donors (Lipinski definition) is 0. The molecule has 1 saturated heterocycles. The highest BCUT2D eigenvalue weighted by molar-refractivity contribution is 7.93. The fourth-order valence-electron chi connectivity index (χ4n) is 3.00. The van der Waals surface area contributed by atoms with E-state index in [1.165, 1.54) is 0 Å². The van der Waals surface area contributed by atoms with E-state index in [1.807, 2.05) is 43.4 Å². The Labute approximate surface area is 137 Å². The molecule has 0 unspecified atom stereocenters. The fraction of sp³-hybridized carbons (Fsp3) is 0.412. The maximum Gasteiger partial charge on any atom is 0.235 e. The second-order valence-corrected chi connectivity index (χ2v) is 7.98. The second-order valence-electron chi connectivity index (χ2n) is 5.97. The summed E-state index contributed by atoms with van der Waals surface area (Å²) in [6.45, 7) is 3.33. The molecule has 0 aliphatic carbocycles. The average molecular weight is 334 g/mol. The van der Waals surface area contributed by atoms with Gasteiger partial charge in [0.2, 0.25) is 10.0 Å². The zero-order chi connectivity index (χ0) is 16.4. The third-order valence-corrected chi connectivity index (χ3v) is 6.26. The van der Waals surface area contributed by atoms with Crippen LogP contribution < -0.4 is 4.31 Å². The summed E-state index contributed by atoms with van der Waals surface area (Å²) in [5.74, 6) is 1.13. The number of para-hydroxylation sites is 1. The maximum atomic E-state index is 12.3. The number of rotatable bonds is 5. The van der Waals surface area contributed by atoms with Crippen molar-refractivity contribution in [2.75, 3.05) is 23.7 Å². The van der Waals surface area contributed by atoms with Gasteiger partial charge < -0.3 is 4.42 Å². The number of furan rings is 1. The summed E-state index contributed by atoms with van der Waals surface area (Å²) >= 11 is 0. The molecule has 2 heterocycles. The van der Waals surface area contributed by atoms with Crippen LogP contribution in [-0.4, -0.2) is 32.7 Å². The standard InChI is InChI=1S/C17H22N2O3S/c1-14(18(2)13-15-7-5-11-22-15)16-8-3-4-9-17(16)19-10-6-12-23(19,20)21/h3-5,7-9,11,14H,6,10,12-13H2,1-2H3/t14-/m0/s1. The minimum absolute atomic E-state index is 0.0760. The van der Waals surface area contributed by atoms with Crippen molar-refractivity contribution in [2.45, 2.75) is 25.9 Å². The summed E-state index contributed by atoms with van der Waals surface area (Å²) in [6.07, 6.45) is 2.35. The van der Waals surface area contributed by atoms with E-state index in [0.29, 0.717) is 19.5 Å². The van der Waals surface area contributed by atoms with Crippen LogP contribution >= 0.6 is 0 Å². The van der Waals surface area contributed by atoms with Crippen molar-refractivity contribution in [1.29, 1.82) is 0 Å². The minimum Gasteiger partial charge on any atom is -0.468 e. The zero-order valence-electron chi connectivity index (χ0n) is 13.5. The van der Waals surface area contributed by atoms with Crippen LogP contribution in [0.3, 0.4) is 0 Å². The van der Waals surface area contributed by atoms with E-state index in [2.05, 4.69) is 11.8 Å². The molecule has 0 bridgehead atoms. The van der Waals surface area contributed by atoms with Crippen LogP contribution in [0, 0.1) is 0 Å². The average Bonchev–Trinajstić information content (AvgIpc) is 3.15. The van der Waals surface area contributed by atoms with Gasteiger partial charge in [-0.1, -0.05) is 18.2 Å². The smallest absolute Gasteiger partial charge is 0.235 e. The first-order chi connectivity index (χ1) is 11.0. The Morgan fingerprint density at radius 3 is 2.70 bits per heavy atom. The Hall–Kier alpha value is -1.79. The molecule has 0 N–H and O–H groups in total. The Bertz CT molecular complexity index is 756. The summed E-state index contributed by atoms with van der Waals surface area (Å²) in [6, 6.07) is 11.7. The van der Waals surface area contributed by atoms with Crippen molar-refractivity contribution < 1.29 is 12.8 Å². The first-order valence-electron chi connectivity index (χ1n) is 7.81. The van der Waals surface area contributed by atoms with Crippen molar-refractivity contribution in [3.63, 3.8) is 0 Å². The van der Waals surface area contributed by atoms with Gasteiger partial charge in [0.1, 0.15) is 5.76 Å². The number of anilines is 1. The van der Waals surface area contributed by atoms with Gasteiger partial charge in [-0.3, -0.25) is 9.21 Å². The van der Waals surface area contributed by atoms with Crippen molar-refractivity contribution in [3.05, 3.63) is 54.0 Å². The lowest BCUT2D eigenvalue weighted by Gasteiger charge is -2.29. The van der Waals surface area contributed by atoms with Crippen molar-refractivity contribution in [1.82, 2.24) is 4.90 Å². The summed E-state index contributed by atoms with van der Waals surface area (Å²) in [7, 11) is -1.16. The third kappa shape index (κ3) is 3.28. The minimum atomic E-state index is -3.18. The van der Waals surface area contributed by atoms with Crippen LogP contribution in [0.5, 0.6) is 0 Å². The zero-order valence-corrected chi connectivity index (χ0v) is 14.3. The van der Waals surface area contributed by atoms with E-state index in [0.717, 1.165) is 17.0 Å². The molecular formula is C17H22N2O3S. The second kappa shape index (κ2) is 6.37. The van der Waals surface area contributed by atoms with E-state index in [1.54, 1.807) is 10.6 Å². The molecule has 5 nitrogen and oxygen atoms in total. The normalized spacial score (nSPS) is 18.5. The van der Waals surface area contributed by atoms with E-state index in [4.69, 9.17) is 4.42 Å². The number of nitrogens with zero attached hydrogens (tertiary/aromatic N) is 2. The van der Waals surface area contributed by atoms with Crippen molar-refractivity contribution in [2.24, 2.45) is 0 Å². The summed E-state index contributed by atoms with van der Waals surface area (Å²) in [5.41, 5.74) is 1.82. The molecule has 1 aliphatic heterocycles. The van der Waals surface area contributed by atoms with Gasteiger partial charge in [-0.25, -0.2) is 8.42 Å². The SMILES string of the molecule is C[C@@H](c1ccccc1N1CCCS1(=O)=O)N(C)Cc1ccco1. The number of sulfonamides is 1. The Morgan fingerprint density at radius 1 is 1.26 bits per heavy atom. The van der Waals surface area contributed by atoms with Gasteiger partial charge in [-0.15, -0.1) is 0 Å². The van der Waals surface area contributed by atoms with Gasteiger partial charge in [0.25, 0.3) is 0 Å². The van der Waals surface area contributed by atoms with E-state index >= 15 is 0 Å². The molecule has 0 spiro atoms. The van der Waals surface area contributed by atoms with E-state index < -0.39 is 10.0 Å². The van der Waals surface area contributed by atoms with E-state index in [9.17, 15) is 8.42 Å². The largest absolute Gasteiger partial charge is 0.468 e. The topological polar surface area (TPSA) is 53.8 Å². The lowest BCUT2D eigenvalue weighted by molar-refractivity contribution is 0.233. The number of hydrogen-bond acceptors (Lipinski definition) is 4. The first kappa shape index (κ1) is 16.1. The molecule has 1 aromatic heterocycles. The van der Waals surface area contributed by atoms with Gasteiger partial charge in [-0.05, 0) is 44.2 Å². The molecule has 124 valence electrons. The van der Waals surface area contributed by atoms with Gasteiger partial charge in [0.15, 0.2) is 0 Å². The number of benzene rings is 1. The summed E-state index contributed by atoms with van der Waals surface area (Å²) < 4.78 is 31.5. The van der Waals surface area contributed by atoms with Gasteiger partial charge in [0, 0.05) is 12.6 Å². The van der Waals surface area contributed by atoms with Crippen LogP contribution in [0.4, 0.5) is 5.69 Å². The molecule has 1 atom stereocenters. The summed E-state index contributed by atoms with van der Waals surface area (Å²) in [4.78, 5) is 2.15. The monoisotopic (exact) mass is 334 g/mol. The Kier molecular flexibility index (Phi) is 4.46. The molecule has 2 aromatic rings. The lowest BCUT2D eigenvalue weighted by atomic mass is 10.0. The van der Waals surface area contributed by atoms with Gasteiger partial charge in [0.05, 0.1) is 24.2 Å². The molecule has 6 heteroatoms. The molecule has 1 aliphatic rings. The molecule has 3 rings (SSSR count). The predicted octanol–water partition coefficient (Wildman–Crippen LogP) is 3.01. The summed E-state index contributed by atoms with van der Waals surface area (Å²) in [5, 5.41) is 0. The quantitative estimate of drug-likeness (QED) is 0.843. The first-order valence-corrected chi connectivity index (χ1v) is 9.42. The van der Waals surface area contributed by atoms with E-state index in [-0.39, 0.29) is 11.8 Å². The molecular weight excluding hydrogens is 312 g/mol. The third-order valence-electron chi connectivity index (χ3n) is 4.40.